The van der Waals surface area contributed by atoms with Crippen LogP contribution in [0.15, 0.2) is 72.8 Å². The highest BCUT2D eigenvalue weighted by molar-refractivity contribution is 5.99. The number of ether oxygens (including phenoxy) is 1. The van der Waals surface area contributed by atoms with Gasteiger partial charge in [-0.25, -0.2) is 4.79 Å². The van der Waals surface area contributed by atoms with E-state index in [0.717, 1.165) is 28.8 Å². The minimum Gasteiger partial charge on any atom is -0.508 e. The molecule has 0 bridgehead atoms. The number of phenolic OH excluding ortho intramolecular Hbond substituents is 1. The van der Waals surface area contributed by atoms with Crippen LogP contribution in [0.25, 0.3) is 11.1 Å². The average Bonchev–Trinajstić information content (AvgIpc) is 3.08. The number of anilines is 1. The summed E-state index contributed by atoms with van der Waals surface area (Å²) in [6.45, 7) is 1.69. The SMILES string of the molecule is C[C@H]1Cc2ccccc2N1C(=O)COC(=O)c1ccc(-c2ccc(O)cc2)cc1. The van der Waals surface area contributed by atoms with Gasteiger partial charge in [-0.05, 0) is 60.4 Å². The third-order valence-electron chi connectivity index (χ3n) is 5.12. The maximum atomic E-state index is 12.6. The Morgan fingerprint density at radius 3 is 2.28 bits per heavy atom. The Bertz CT molecular complexity index is 1040. The van der Waals surface area contributed by atoms with Crippen molar-refractivity contribution in [2.45, 2.75) is 19.4 Å². The molecule has 3 aromatic carbocycles. The summed E-state index contributed by atoms with van der Waals surface area (Å²) in [5.41, 5.74) is 4.25. The number of rotatable bonds is 4. The van der Waals surface area contributed by atoms with Crippen molar-refractivity contribution in [1.29, 1.82) is 0 Å². The number of hydrogen-bond donors (Lipinski definition) is 1. The molecule has 0 aliphatic carbocycles. The number of aromatic hydroxyl groups is 1. The van der Waals surface area contributed by atoms with Gasteiger partial charge in [0.2, 0.25) is 0 Å². The zero-order valence-electron chi connectivity index (χ0n) is 16.0. The monoisotopic (exact) mass is 387 g/mol. The Balaban J connectivity index is 1.40. The second-order valence-corrected chi connectivity index (χ2v) is 7.15. The van der Waals surface area contributed by atoms with E-state index in [4.69, 9.17) is 4.74 Å². The van der Waals surface area contributed by atoms with Crippen LogP contribution in [-0.2, 0) is 16.0 Å². The summed E-state index contributed by atoms with van der Waals surface area (Å²) in [6, 6.07) is 21.6. The molecule has 0 radical (unpaired) electrons. The van der Waals surface area contributed by atoms with Gasteiger partial charge in [0.1, 0.15) is 5.75 Å². The highest BCUT2D eigenvalue weighted by Crippen LogP contribution is 2.31. The number of hydrogen-bond acceptors (Lipinski definition) is 4. The highest BCUT2D eigenvalue weighted by Gasteiger charge is 2.31. The molecule has 5 heteroatoms. The summed E-state index contributed by atoms with van der Waals surface area (Å²) in [5.74, 6) is -0.555. The van der Waals surface area contributed by atoms with Crippen LogP contribution >= 0.6 is 0 Å². The summed E-state index contributed by atoms with van der Waals surface area (Å²) < 4.78 is 5.26. The van der Waals surface area contributed by atoms with Gasteiger partial charge in [0.05, 0.1) is 5.56 Å². The van der Waals surface area contributed by atoms with Gasteiger partial charge in [-0.3, -0.25) is 4.79 Å². The number of carbonyl (C=O) groups is 2. The third-order valence-corrected chi connectivity index (χ3v) is 5.12. The van der Waals surface area contributed by atoms with Crippen molar-refractivity contribution in [3.05, 3.63) is 83.9 Å². The number of para-hydroxylation sites is 1. The quantitative estimate of drug-likeness (QED) is 0.682. The first-order chi connectivity index (χ1) is 14.0. The maximum Gasteiger partial charge on any atom is 0.338 e. The minimum absolute atomic E-state index is 0.0446. The number of carbonyl (C=O) groups excluding carboxylic acids is 2. The molecule has 146 valence electrons. The Morgan fingerprint density at radius 2 is 1.59 bits per heavy atom. The largest absolute Gasteiger partial charge is 0.508 e. The van der Waals surface area contributed by atoms with Crippen molar-refractivity contribution in [3.8, 4) is 16.9 Å². The van der Waals surface area contributed by atoms with E-state index in [2.05, 4.69) is 0 Å². The predicted molar refractivity (Wildman–Crippen MR) is 111 cm³/mol. The molecule has 0 spiro atoms. The van der Waals surface area contributed by atoms with Gasteiger partial charge in [0, 0.05) is 11.7 Å². The summed E-state index contributed by atoms with van der Waals surface area (Å²) in [7, 11) is 0. The second kappa shape index (κ2) is 7.80. The molecule has 0 saturated heterocycles. The molecule has 29 heavy (non-hydrogen) atoms. The van der Waals surface area contributed by atoms with E-state index in [9.17, 15) is 14.7 Å². The molecular formula is C24H21NO4. The zero-order chi connectivity index (χ0) is 20.4. The molecule has 1 amide bonds. The van der Waals surface area contributed by atoms with Crippen molar-refractivity contribution in [1.82, 2.24) is 0 Å². The topological polar surface area (TPSA) is 66.8 Å². The van der Waals surface area contributed by atoms with Crippen LogP contribution in [0.3, 0.4) is 0 Å². The van der Waals surface area contributed by atoms with Gasteiger partial charge in [-0.2, -0.15) is 0 Å². The predicted octanol–water partition coefficient (Wildman–Crippen LogP) is 4.19. The number of phenols is 1. The van der Waals surface area contributed by atoms with E-state index in [1.807, 2.05) is 43.3 Å². The van der Waals surface area contributed by atoms with E-state index in [1.165, 1.54) is 0 Å². The fraction of sp³-hybridized carbons (Fsp3) is 0.167. The molecule has 4 rings (SSSR count). The number of fused-ring (bicyclic) bond motifs is 1. The molecule has 1 aliphatic heterocycles. The van der Waals surface area contributed by atoms with Crippen LogP contribution in [0, 0.1) is 0 Å². The van der Waals surface area contributed by atoms with Gasteiger partial charge < -0.3 is 14.7 Å². The second-order valence-electron chi connectivity index (χ2n) is 7.15. The van der Waals surface area contributed by atoms with Crippen LogP contribution in [-0.4, -0.2) is 29.6 Å². The normalized spacial score (nSPS) is 15.1. The fourth-order valence-corrected chi connectivity index (χ4v) is 3.68. The first kappa shape index (κ1) is 18.7. The van der Waals surface area contributed by atoms with Crippen LogP contribution in [0.5, 0.6) is 5.75 Å². The third kappa shape index (κ3) is 3.85. The molecule has 3 aromatic rings. The molecular weight excluding hydrogens is 366 g/mol. The Hall–Kier alpha value is -3.60. The average molecular weight is 387 g/mol. The van der Waals surface area contributed by atoms with Crippen molar-refractivity contribution >= 4 is 17.6 Å². The lowest BCUT2D eigenvalue weighted by molar-refractivity contribution is -0.122. The maximum absolute atomic E-state index is 12.6. The molecule has 0 aromatic heterocycles. The number of benzene rings is 3. The van der Waals surface area contributed by atoms with Crippen LogP contribution in [0.1, 0.15) is 22.8 Å². The van der Waals surface area contributed by atoms with Crippen LogP contribution < -0.4 is 4.90 Å². The van der Waals surface area contributed by atoms with Gasteiger partial charge in [-0.1, -0.05) is 42.5 Å². The van der Waals surface area contributed by atoms with Crippen LogP contribution in [0.4, 0.5) is 5.69 Å². The summed E-state index contributed by atoms with van der Waals surface area (Å²) in [4.78, 5) is 26.7. The van der Waals surface area contributed by atoms with E-state index in [-0.39, 0.29) is 24.3 Å². The van der Waals surface area contributed by atoms with E-state index in [1.54, 1.807) is 41.3 Å². The lowest BCUT2D eigenvalue weighted by atomic mass is 10.0. The highest BCUT2D eigenvalue weighted by atomic mass is 16.5. The molecule has 5 nitrogen and oxygen atoms in total. The summed E-state index contributed by atoms with van der Waals surface area (Å²) in [5, 5.41) is 9.38. The smallest absolute Gasteiger partial charge is 0.338 e. The molecule has 0 fully saturated rings. The standard InChI is InChI=1S/C24H21NO4/c1-16-14-20-4-2-3-5-22(20)25(16)23(27)15-29-24(28)19-8-6-17(7-9-19)18-10-12-21(26)13-11-18/h2-13,16,26H,14-15H2,1H3/t16-/m0/s1. The van der Waals surface area contributed by atoms with Crippen molar-refractivity contribution in [2.24, 2.45) is 0 Å². The van der Waals surface area contributed by atoms with Gasteiger partial charge >= 0.3 is 5.97 Å². The molecule has 1 aliphatic rings. The summed E-state index contributed by atoms with van der Waals surface area (Å²) in [6.07, 6.45) is 0.800. The first-order valence-electron chi connectivity index (χ1n) is 9.49. The van der Waals surface area contributed by atoms with Crippen LogP contribution in [0.2, 0.25) is 0 Å². The van der Waals surface area contributed by atoms with Crippen molar-refractivity contribution < 1.29 is 19.4 Å². The lowest BCUT2D eigenvalue weighted by Gasteiger charge is -2.22. The van der Waals surface area contributed by atoms with Crippen molar-refractivity contribution in [3.63, 3.8) is 0 Å². The molecule has 1 heterocycles. The molecule has 0 unspecified atom stereocenters. The van der Waals surface area contributed by atoms with Gasteiger partial charge in [0.15, 0.2) is 6.61 Å². The minimum atomic E-state index is -0.532. The summed E-state index contributed by atoms with van der Waals surface area (Å²) >= 11 is 0. The van der Waals surface area contributed by atoms with E-state index in [0.29, 0.717) is 5.56 Å². The van der Waals surface area contributed by atoms with Crippen molar-refractivity contribution in [2.75, 3.05) is 11.5 Å². The molecule has 1 N–H and O–H groups in total. The molecule has 0 saturated carbocycles. The Kier molecular flexibility index (Phi) is 5.04. The number of esters is 1. The number of nitrogens with zero attached hydrogens (tertiary/aromatic N) is 1. The fourth-order valence-electron chi connectivity index (χ4n) is 3.68. The first-order valence-corrected chi connectivity index (χ1v) is 9.49. The number of amides is 1. The van der Waals surface area contributed by atoms with Gasteiger partial charge in [0.25, 0.3) is 5.91 Å². The van der Waals surface area contributed by atoms with Gasteiger partial charge in [-0.15, -0.1) is 0 Å². The lowest BCUT2D eigenvalue weighted by Crippen LogP contribution is -2.38. The van der Waals surface area contributed by atoms with E-state index < -0.39 is 5.97 Å². The Labute approximate surface area is 169 Å². The zero-order valence-corrected chi connectivity index (χ0v) is 16.0. The van der Waals surface area contributed by atoms with E-state index >= 15 is 0 Å². The molecule has 1 atom stereocenters. The Morgan fingerprint density at radius 1 is 0.966 bits per heavy atom.